The third-order valence-corrected chi connectivity index (χ3v) is 4.70. The highest BCUT2D eigenvalue weighted by Crippen LogP contribution is 2.26. The van der Waals surface area contributed by atoms with Crippen LogP contribution in [0, 0.1) is 26.6 Å². The van der Waals surface area contributed by atoms with Crippen molar-refractivity contribution in [3.8, 4) is 11.3 Å². The molecule has 1 N–H and O–H groups in total. The summed E-state index contributed by atoms with van der Waals surface area (Å²) in [4.78, 5) is 0. The summed E-state index contributed by atoms with van der Waals surface area (Å²) in [5.41, 5.74) is 5.00. The first-order chi connectivity index (χ1) is 12.0. The third kappa shape index (κ3) is 3.66. The zero-order chi connectivity index (χ0) is 18.0. The van der Waals surface area contributed by atoms with Crippen molar-refractivity contribution in [1.82, 2.24) is 15.1 Å². The highest BCUT2D eigenvalue weighted by molar-refractivity contribution is 5.62. The van der Waals surface area contributed by atoms with E-state index in [-0.39, 0.29) is 5.82 Å². The zero-order valence-electron chi connectivity index (χ0n) is 15.2. The van der Waals surface area contributed by atoms with Gasteiger partial charge in [0, 0.05) is 18.3 Å². The second kappa shape index (κ2) is 7.23. The lowest BCUT2D eigenvalue weighted by Gasteiger charge is -2.05. The average molecular weight is 341 g/mol. The van der Waals surface area contributed by atoms with Crippen LogP contribution in [0.3, 0.4) is 0 Å². The lowest BCUT2D eigenvalue weighted by atomic mass is 10.1. The van der Waals surface area contributed by atoms with E-state index in [9.17, 15) is 4.39 Å². The predicted molar refractivity (Wildman–Crippen MR) is 96.9 cm³/mol. The maximum Gasteiger partial charge on any atom is 0.134 e. The minimum Gasteiger partial charge on any atom is -0.460 e. The number of aromatic nitrogens is 2. The third-order valence-electron chi connectivity index (χ3n) is 4.70. The lowest BCUT2D eigenvalue weighted by Crippen LogP contribution is -2.16. The van der Waals surface area contributed by atoms with Crippen LogP contribution in [0.5, 0.6) is 0 Å². The smallest absolute Gasteiger partial charge is 0.134 e. The van der Waals surface area contributed by atoms with Gasteiger partial charge in [0.05, 0.1) is 12.2 Å². The van der Waals surface area contributed by atoms with Crippen molar-refractivity contribution in [2.45, 2.75) is 33.7 Å². The molecule has 2 aromatic heterocycles. The molecule has 2 heterocycles. The molecule has 0 spiro atoms. The molecule has 0 unspecified atom stereocenters. The van der Waals surface area contributed by atoms with E-state index in [2.05, 4.69) is 17.3 Å². The molecular formula is C20H24FN3O. The van der Waals surface area contributed by atoms with E-state index in [1.807, 2.05) is 36.9 Å². The highest BCUT2D eigenvalue weighted by atomic mass is 19.1. The summed E-state index contributed by atoms with van der Waals surface area (Å²) in [6.07, 6.45) is 0.933. The Morgan fingerprint density at radius 2 is 1.96 bits per heavy atom. The minimum absolute atomic E-state index is 0.212. The molecular weight excluding hydrogens is 317 g/mol. The molecule has 0 aliphatic heterocycles. The van der Waals surface area contributed by atoms with Crippen molar-refractivity contribution in [2.24, 2.45) is 7.05 Å². The Morgan fingerprint density at radius 1 is 1.16 bits per heavy atom. The summed E-state index contributed by atoms with van der Waals surface area (Å²) in [5.74, 6) is 1.34. The Kier molecular flexibility index (Phi) is 5.04. The van der Waals surface area contributed by atoms with Crippen molar-refractivity contribution in [1.29, 1.82) is 0 Å². The molecule has 132 valence electrons. The number of aryl methyl sites for hydroxylation is 2. The molecule has 0 amide bonds. The second-order valence-corrected chi connectivity index (χ2v) is 6.38. The van der Waals surface area contributed by atoms with Crippen LogP contribution in [0.25, 0.3) is 11.3 Å². The molecule has 0 atom stereocenters. The number of rotatable bonds is 6. The minimum atomic E-state index is -0.212. The van der Waals surface area contributed by atoms with E-state index in [1.54, 1.807) is 13.0 Å². The molecule has 1 aromatic carbocycles. The summed E-state index contributed by atoms with van der Waals surface area (Å²) in [7, 11) is 1.97. The standard InChI is InChI=1S/C20H24FN3O/c1-13-17(6-5-7-19(13)21)20-9-8-16(25-20)12-22-11-10-18-14(2)23-24(4)15(18)3/h5-9,22H,10-12H2,1-4H3. The van der Waals surface area contributed by atoms with Gasteiger partial charge in [0.25, 0.3) is 0 Å². The number of nitrogens with zero attached hydrogens (tertiary/aromatic N) is 2. The molecule has 0 saturated heterocycles. The zero-order valence-corrected chi connectivity index (χ0v) is 15.2. The van der Waals surface area contributed by atoms with Gasteiger partial charge in [-0.3, -0.25) is 4.68 Å². The van der Waals surface area contributed by atoms with Crippen LogP contribution in [0.1, 0.15) is 28.3 Å². The number of furan rings is 1. The van der Waals surface area contributed by atoms with E-state index in [1.165, 1.54) is 17.3 Å². The van der Waals surface area contributed by atoms with Crippen molar-refractivity contribution in [3.05, 3.63) is 64.4 Å². The Balaban J connectivity index is 1.58. The van der Waals surface area contributed by atoms with Crippen LogP contribution >= 0.6 is 0 Å². The normalized spacial score (nSPS) is 11.2. The largest absolute Gasteiger partial charge is 0.460 e. The van der Waals surface area contributed by atoms with Gasteiger partial charge in [-0.2, -0.15) is 5.10 Å². The predicted octanol–water partition coefficient (Wildman–Crippen LogP) is 4.08. The highest BCUT2D eigenvalue weighted by Gasteiger charge is 2.11. The molecule has 5 heteroatoms. The number of nitrogens with one attached hydrogen (secondary N) is 1. The molecule has 0 radical (unpaired) electrons. The molecule has 3 aromatic rings. The number of halogens is 1. The Bertz CT molecular complexity index is 879. The number of hydrogen-bond acceptors (Lipinski definition) is 3. The monoisotopic (exact) mass is 341 g/mol. The van der Waals surface area contributed by atoms with Gasteiger partial charge in [0.1, 0.15) is 17.3 Å². The lowest BCUT2D eigenvalue weighted by molar-refractivity contribution is 0.494. The molecule has 25 heavy (non-hydrogen) atoms. The van der Waals surface area contributed by atoms with Crippen molar-refractivity contribution >= 4 is 0 Å². The van der Waals surface area contributed by atoms with Gasteiger partial charge in [0.2, 0.25) is 0 Å². The fraction of sp³-hybridized carbons (Fsp3) is 0.350. The van der Waals surface area contributed by atoms with Crippen LogP contribution in [-0.2, 0) is 20.0 Å². The van der Waals surface area contributed by atoms with Gasteiger partial charge < -0.3 is 9.73 Å². The maximum absolute atomic E-state index is 13.7. The van der Waals surface area contributed by atoms with Gasteiger partial charge in [-0.25, -0.2) is 4.39 Å². The van der Waals surface area contributed by atoms with Crippen LogP contribution in [0.15, 0.2) is 34.7 Å². The summed E-state index contributed by atoms with van der Waals surface area (Å²) in [5, 5.41) is 7.84. The SMILES string of the molecule is Cc1nn(C)c(C)c1CCNCc1ccc(-c2cccc(F)c2C)o1. The molecule has 0 saturated carbocycles. The topological polar surface area (TPSA) is 43.0 Å². The molecule has 4 nitrogen and oxygen atoms in total. The van der Waals surface area contributed by atoms with Gasteiger partial charge >= 0.3 is 0 Å². The molecule has 0 fully saturated rings. The second-order valence-electron chi connectivity index (χ2n) is 6.38. The van der Waals surface area contributed by atoms with Crippen LogP contribution in [0.2, 0.25) is 0 Å². The number of benzene rings is 1. The quantitative estimate of drug-likeness (QED) is 0.687. The Morgan fingerprint density at radius 3 is 2.68 bits per heavy atom. The summed E-state index contributed by atoms with van der Waals surface area (Å²) >= 11 is 0. The fourth-order valence-electron chi connectivity index (χ4n) is 3.10. The first-order valence-electron chi connectivity index (χ1n) is 8.51. The van der Waals surface area contributed by atoms with Gasteiger partial charge in [-0.05, 0) is 63.1 Å². The summed E-state index contributed by atoms with van der Waals surface area (Å²) in [6.45, 7) is 7.40. The van der Waals surface area contributed by atoms with E-state index in [4.69, 9.17) is 4.42 Å². The van der Waals surface area contributed by atoms with Crippen LogP contribution in [0.4, 0.5) is 4.39 Å². The molecule has 0 aliphatic carbocycles. The molecule has 3 rings (SSSR count). The molecule has 0 aliphatic rings. The Labute approximate surface area is 147 Å². The number of hydrogen-bond donors (Lipinski definition) is 1. The van der Waals surface area contributed by atoms with E-state index in [0.29, 0.717) is 17.9 Å². The van der Waals surface area contributed by atoms with Crippen LogP contribution in [-0.4, -0.2) is 16.3 Å². The summed E-state index contributed by atoms with van der Waals surface area (Å²) < 4.78 is 21.5. The summed E-state index contributed by atoms with van der Waals surface area (Å²) in [6, 6.07) is 8.88. The van der Waals surface area contributed by atoms with Gasteiger partial charge in [-0.1, -0.05) is 12.1 Å². The fourth-order valence-corrected chi connectivity index (χ4v) is 3.10. The van der Waals surface area contributed by atoms with E-state index >= 15 is 0 Å². The van der Waals surface area contributed by atoms with Crippen molar-refractivity contribution < 1.29 is 8.81 Å². The van der Waals surface area contributed by atoms with Crippen molar-refractivity contribution in [3.63, 3.8) is 0 Å². The van der Waals surface area contributed by atoms with Gasteiger partial charge in [0.15, 0.2) is 0 Å². The van der Waals surface area contributed by atoms with Crippen LogP contribution < -0.4 is 5.32 Å². The Hall–Kier alpha value is -2.40. The first kappa shape index (κ1) is 17.4. The average Bonchev–Trinajstić information content (AvgIpc) is 3.13. The van der Waals surface area contributed by atoms with E-state index < -0.39 is 0 Å². The van der Waals surface area contributed by atoms with E-state index in [0.717, 1.165) is 30.0 Å². The first-order valence-corrected chi connectivity index (χ1v) is 8.51. The molecule has 0 bridgehead atoms. The van der Waals surface area contributed by atoms with Crippen molar-refractivity contribution in [2.75, 3.05) is 6.54 Å². The maximum atomic E-state index is 13.7. The van der Waals surface area contributed by atoms with Gasteiger partial charge in [-0.15, -0.1) is 0 Å².